The number of carboxylic acid groups (broad SMARTS) is 1. The second-order valence-corrected chi connectivity index (χ2v) is 16.3. The summed E-state index contributed by atoms with van der Waals surface area (Å²) in [4.78, 5) is 36.9. The topological polar surface area (TPSA) is 99.1 Å². The van der Waals surface area contributed by atoms with Gasteiger partial charge in [0, 0.05) is 19.3 Å². The maximum Gasteiger partial charge on any atom is 0.362 e. The van der Waals surface area contributed by atoms with E-state index in [0.717, 1.165) is 44.9 Å². The van der Waals surface area contributed by atoms with Gasteiger partial charge < -0.3 is 23.8 Å². The highest BCUT2D eigenvalue weighted by molar-refractivity contribution is 5.72. The first-order valence-corrected chi connectivity index (χ1v) is 22.5. The Bertz CT molecular complexity index is 1000. The smallest absolute Gasteiger partial charge is 0.362 e. The lowest BCUT2D eigenvalue weighted by atomic mass is 10.0. The lowest BCUT2D eigenvalue weighted by Gasteiger charge is -2.31. The van der Waals surface area contributed by atoms with Gasteiger partial charge in [0.25, 0.3) is 0 Å². The fraction of sp³-hybridized carbons (Fsp3) is 0.809. The number of rotatable bonds is 40. The van der Waals surface area contributed by atoms with Crippen LogP contribution in [0.3, 0.4) is 0 Å². The molecule has 0 aliphatic rings. The van der Waals surface area contributed by atoms with E-state index < -0.39 is 18.1 Å². The summed E-state index contributed by atoms with van der Waals surface area (Å²) in [5.74, 6) is -1.53. The Morgan fingerprint density at radius 2 is 1.02 bits per heavy atom. The van der Waals surface area contributed by atoms with Gasteiger partial charge in [0.15, 0.2) is 12.1 Å². The number of hydrogen-bond donors (Lipinski definition) is 1. The summed E-state index contributed by atoms with van der Waals surface area (Å²) in [6.45, 7) is 4.57. The van der Waals surface area contributed by atoms with Gasteiger partial charge in [-0.15, -0.1) is 0 Å². The number of carboxylic acids is 1. The molecule has 0 heterocycles. The summed E-state index contributed by atoms with van der Waals surface area (Å²) in [5, 5.41) is 9.60. The van der Waals surface area contributed by atoms with Crippen LogP contribution in [0.1, 0.15) is 194 Å². The van der Waals surface area contributed by atoms with Crippen molar-refractivity contribution in [3.05, 3.63) is 36.5 Å². The Kier molecular flexibility index (Phi) is 36.7. The number of ether oxygens (including phenoxy) is 3. The van der Waals surface area contributed by atoms with Crippen molar-refractivity contribution in [2.24, 2.45) is 0 Å². The molecule has 0 aliphatic carbocycles. The minimum absolute atomic E-state index is 0.0431. The minimum atomic E-state index is -0.882. The van der Waals surface area contributed by atoms with Crippen LogP contribution in [-0.4, -0.2) is 80.6 Å². The van der Waals surface area contributed by atoms with E-state index in [1.807, 2.05) is 21.1 Å². The molecule has 8 nitrogen and oxygen atoms in total. The molecule has 0 bridgehead atoms. The van der Waals surface area contributed by atoms with Crippen molar-refractivity contribution in [3.63, 3.8) is 0 Å². The maximum atomic E-state index is 12.6. The standard InChI is InChI=1S/C47H85NO7/c1-6-8-10-12-14-16-18-19-20-21-22-23-24-25-26-28-29-31-33-35-37-45(49)54-42-43(41-53-40-39-44(47(51)52)48(3,4)5)55-46(50)38-36-34-32-30-27-17-15-13-11-9-7-2/h9,11,15,17,30,32,43-44H,6-8,10,12-14,16,18-29,31,33-42H2,1-5H3/p+1/b11-9+,17-15+,32-30+. The highest BCUT2D eigenvalue weighted by atomic mass is 16.6. The van der Waals surface area contributed by atoms with Crippen LogP contribution in [0.4, 0.5) is 0 Å². The van der Waals surface area contributed by atoms with E-state index in [4.69, 9.17) is 14.2 Å². The van der Waals surface area contributed by atoms with E-state index in [1.54, 1.807) is 0 Å². The number of esters is 2. The normalized spacial score (nSPS) is 13.3. The third-order valence-corrected chi connectivity index (χ3v) is 10.1. The number of likely N-dealkylation sites (N-methyl/N-ethyl adjacent to an activating group) is 1. The molecule has 0 saturated carbocycles. The van der Waals surface area contributed by atoms with Crippen molar-refractivity contribution in [2.75, 3.05) is 41.0 Å². The van der Waals surface area contributed by atoms with E-state index in [-0.39, 0.29) is 42.7 Å². The Labute approximate surface area is 338 Å². The van der Waals surface area contributed by atoms with E-state index in [2.05, 4.69) is 50.3 Å². The van der Waals surface area contributed by atoms with Gasteiger partial charge in [-0.3, -0.25) is 9.59 Å². The molecule has 0 amide bonds. The zero-order valence-electron chi connectivity index (χ0n) is 36.4. The number of nitrogens with zero attached hydrogens (tertiary/aromatic N) is 1. The molecule has 1 N–H and O–H groups in total. The van der Waals surface area contributed by atoms with Crippen molar-refractivity contribution in [3.8, 4) is 0 Å². The van der Waals surface area contributed by atoms with Gasteiger partial charge >= 0.3 is 17.9 Å². The molecule has 0 aliphatic heterocycles. The average molecular weight is 777 g/mol. The van der Waals surface area contributed by atoms with Gasteiger partial charge in [-0.2, -0.15) is 0 Å². The predicted molar refractivity (Wildman–Crippen MR) is 229 cm³/mol. The van der Waals surface area contributed by atoms with Gasteiger partial charge in [-0.1, -0.05) is 172 Å². The number of allylic oxidation sites excluding steroid dienone is 6. The molecule has 320 valence electrons. The van der Waals surface area contributed by atoms with Crippen molar-refractivity contribution in [1.29, 1.82) is 0 Å². The molecule has 8 heteroatoms. The molecule has 0 saturated heterocycles. The quantitative estimate of drug-likeness (QED) is 0.0286. The summed E-state index contributed by atoms with van der Waals surface area (Å²) in [6.07, 6.45) is 43.5. The summed E-state index contributed by atoms with van der Waals surface area (Å²) < 4.78 is 17.2. The largest absolute Gasteiger partial charge is 0.477 e. The minimum Gasteiger partial charge on any atom is -0.477 e. The zero-order valence-corrected chi connectivity index (χ0v) is 36.4. The first-order chi connectivity index (χ1) is 26.6. The third-order valence-electron chi connectivity index (χ3n) is 10.1. The van der Waals surface area contributed by atoms with Gasteiger partial charge in [-0.05, 0) is 38.5 Å². The second-order valence-electron chi connectivity index (χ2n) is 16.3. The van der Waals surface area contributed by atoms with Gasteiger partial charge in [0.1, 0.15) is 6.61 Å². The van der Waals surface area contributed by atoms with Crippen LogP contribution in [0.5, 0.6) is 0 Å². The van der Waals surface area contributed by atoms with E-state index in [1.165, 1.54) is 109 Å². The van der Waals surface area contributed by atoms with E-state index >= 15 is 0 Å². The molecule has 0 aromatic carbocycles. The maximum absolute atomic E-state index is 12.6. The molecule has 0 aromatic heterocycles. The lowest BCUT2D eigenvalue weighted by molar-refractivity contribution is -0.887. The first kappa shape index (κ1) is 52.6. The number of carbonyl (C=O) groups is 3. The molecule has 55 heavy (non-hydrogen) atoms. The SMILES string of the molecule is CC/C=C/C/C=C/C/C=C/CCCC(=O)OC(COCCC(C(=O)O)[N+](C)(C)C)COC(=O)CCCCCCCCCCCCCCCCCCCCCC. The zero-order chi connectivity index (χ0) is 40.7. The average Bonchev–Trinajstić information content (AvgIpc) is 3.14. The molecular weight excluding hydrogens is 691 g/mol. The highest BCUT2D eigenvalue weighted by Gasteiger charge is 2.31. The first-order valence-electron chi connectivity index (χ1n) is 22.5. The van der Waals surface area contributed by atoms with Gasteiger partial charge in [-0.25, -0.2) is 4.79 Å². The molecule has 0 rings (SSSR count). The van der Waals surface area contributed by atoms with Crippen LogP contribution in [0.2, 0.25) is 0 Å². The van der Waals surface area contributed by atoms with E-state index in [0.29, 0.717) is 19.3 Å². The predicted octanol–water partition coefficient (Wildman–Crippen LogP) is 12.2. The van der Waals surface area contributed by atoms with Crippen LogP contribution >= 0.6 is 0 Å². The summed E-state index contributed by atoms with van der Waals surface area (Å²) in [7, 11) is 5.51. The number of hydrogen-bond acceptors (Lipinski definition) is 6. The summed E-state index contributed by atoms with van der Waals surface area (Å²) in [5.41, 5.74) is 0. The molecule has 0 aromatic rings. The Hall–Kier alpha value is -2.45. The van der Waals surface area contributed by atoms with Gasteiger partial charge in [0.05, 0.1) is 34.4 Å². The number of carbonyl (C=O) groups excluding carboxylic acids is 2. The number of quaternary nitrogens is 1. The van der Waals surface area contributed by atoms with Crippen LogP contribution in [-0.2, 0) is 28.6 Å². The van der Waals surface area contributed by atoms with Crippen LogP contribution in [0.25, 0.3) is 0 Å². The molecular formula is C47H86NO7+. The van der Waals surface area contributed by atoms with Crippen molar-refractivity contribution in [2.45, 2.75) is 206 Å². The van der Waals surface area contributed by atoms with Crippen LogP contribution in [0.15, 0.2) is 36.5 Å². The fourth-order valence-corrected chi connectivity index (χ4v) is 6.59. The Balaban J connectivity index is 4.25. The Morgan fingerprint density at radius 3 is 1.49 bits per heavy atom. The molecule has 0 radical (unpaired) electrons. The van der Waals surface area contributed by atoms with E-state index in [9.17, 15) is 19.5 Å². The van der Waals surface area contributed by atoms with Crippen LogP contribution < -0.4 is 0 Å². The third kappa shape index (κ3) is 36.9. The monoisotopic (exact) mass is 777 g/mol. The van der Waals surface area contributed by atoms with Crippen LogP contribution in [0, 0.1) is 0 Å². The van der Waals surface area contributed by atoms with Crippen molar-refractivity contribution < 1.29 is 38.2 Å². The Morgan fingerprint density at radius 1 is 0.564 bits per heavy atom. The summed E-state index contributed by atoms with van der Waals surface area (Å²) in [6, 6.07) is -0.621. The van der Waals surface area contributed by atoms with Crippen molar-refractivity contribution in [1.82, 2.24) is 0 Å². The second kappa shape index (κ2) is 38.4. The number of aliphatic carboxylic acids is 1. The highest BCUT2D eigenvalue weighted by Crippen LogP contribution is 2.16. The summed E-state index contributed by atoms with van der Waals surface area (Å²) >= 11 is 0. The van der Waals surface area contributed by atoms with Gasteiger partial charge in [0.2, 0.25) is 0 Å². The fourth-order valence-electron chi connectivity index (χ4n) is 6.59. The molecule has 2 atom stereocenters. The molecule has 2 unspecified atom stereocenters. The number of unbranched alkanes of at least 4 members (excludes halogenated alkanes) is 20. The molecule has 0 spiro atoms. The van der Waals surface area contributed by atoms with Crippen molar-refractivity contribution >= 4 is 17.9 Å². The molecule has 0 fully saturated rings. The lowest BCUT2D eigenvalue weighted by Crippen LogP contribution is -2.50.